The molecule has 1 aliphatic heterocycles. The number of halogens is 1. The summed E-state index contributed by atoms with van der Waals surface area (Å²) in [5.74, 6) is -1.12. The lowest BCUT2D eigenvalue weighted by Crippen LogP contribution is -2.50. The zero-order valence-electron chi connectivity index (χ0n) is 18.7. The minimum Gasteiger partial charge on any atom is -0.504 e. The van der Waals surface area contributed by atoms with Crippen LogP contribution < -0.4 is 10.6 Å². The topological polar surface area (TPSA) is 123 Å². The number of phenolic OH excluding ortho intramolecular Hbond substituents is 1. The molecule has 1 saturated heterocycles. The molecule has 0 radical (unpaired) electrons. The molecule has 0 saturated carbocycles. The number of hydrogen-bond acceptors (Lipinski definition) is 8. The van der Waals surface area contributed by atoms with Crippen molar-refractivity contribution in [2.24, 2.45) is 0 Å². The summed E-state index contributed by atoms with van der Waals surface area (Å²) in [4.78, 5) is 16.1. The summed E-state index contributed by atoms with van der Waals surface area (Å²) in [7, 11) is 0. The largest absolute Gasteiger partial charge is 0.504 e. The maximum atomic E-state index is 13.8. The van der Waals surface area contributed by atoms with Gasteiger partial charge in [-0.25, -0.2) is 13.9 Å². The summed E-state index contributed by atoms with van der Waals surface area (Å²) in [5, 5.41) is 22.3. The molecule has 1 aromatic carbocycles. The molecule has 3 N–H and O–H groups in total. The van der Waals surface area contributed by atoms with E-state index in [4.69, 9.17) is 10.5 Å². The standard InChI is InChI=1S/C22H26FN7O3/c1-22(2,3)33-21(32)29-9-7-28(8-10-29)14-12-25-30(13-14)18-11-17(26-27-20(18)24)15-5-4-6-16(23)19(15)31/h4-6,11-13,31H,7-10H2,1-3H3,(H2,24,27). The molecule has 1 aliphatic rings. The van der Waals surface area contributed by atoms with Crippen LogP contribution in [0, 0.1) is 5.82 Å². The van der Waals surface area contributed by atoms with E-state index < -0.39 is 17.2 Å². The van der Waals surface area contributed by atoms with Crippen LogP contribution in [-0.2, 0) is 4.74 Å². The van der Waals surface area contributed by atoms with Gasteiger partial charge in [0.05, 0.1) is 23.8 Å². The average molecular weight is 455 g/mol. The number of hydrogen-bond donors (Lipinski definition) is 2. The lowest BCUT2D eigenvalue weighted by atomic mass is 10.1. The van der Waals surface area contributed by atoms with Gasteiger partial charge in [0.25, 0.3) is 0 Å². The Hall–Kier alpha value is -3.89. The van der Waals surface area contributed by atoms with Crippen molar-refractivity contribution in [1.29, 1.82) is 0 Å². The lowest BCUT2D eigenvalue weighted by molar-refractivity contribution is 0.0240. The molecule has 4 rings (SSSR count). The predicted molar refractivity (Wildman–Crippen MR) is 121 cm³/mol. The Bertz CT molecular complexity index is 1170. The number of carbonyl (C=O) groups is 1. The summed E-state index contributed by atoms with van der Waals surface area (Å²) in [6, 6.07) is 5.77. The second-order valence-electron chi connectivity index (χ2n) is 8.73. The normalized spacial score (nSPS) is 14.4. The Morgan fingerprint density at radius 3 is 2.61 bits per heavy atom. The third kappa shape index (κ3) is 4.81. The number of nitrogens with two attached hydrogens (primary N) is 1. The van der Waals surface area contributed by atoms with E-state index in [1.165, 1.54) is 6.07 Å². The summed E-state index contributed by atoms with van der Waals surface area (Å²) >= 11 is 0. The molecule has 33 heavy (non-hydrogen) atoms. The molecule has 3 aromatic rings. The Kier molecular flexibility index (Phi) is 5.79. The van der Waals surface area contributed by atoms with Gasteiger partial charge in [-0.05, 0) is 39.0 Å². The Morgan fingerprint density at radius 1 is 1.18 bits per heavy atom. The molecule has 0 atom stereocenters. The fourth-order valence-electron chi connectivity index (χ4n) is 3.51. The third-order valence-electron chi connectivity index (χ3n) is 5.18. The van der Waals surface area contributed by atoms with E-state index in [0.29, 0.717) is 31.9 Å². The first-order valence-corrected chi connectivity index (χ1v) is 10.5. The molecule has 11 heteroatoms. The highest BCUT2D eigenvalue weighted by Crippen LogP contribution is 2.31. The van der Waals surface area contributed by atoms with Gasteiger partial charge in [-0.3, -0.25) is 0 Å². The first kappa shape index (κ1) is 22.3. The van der Waals surface area contributed by atoms with Gasteiger partial charge in [-0.1, -0.05) is 6.07 Å². The highest BCUT2D eigenvalue weighted by Gasteiger charge is 2.26. The number of anilines is 2. The van der Waals surface area contributed by atoms with E-state index in [9.17, 15) is 14.3 Å². The summed E-state index contributed by atoms with van der Waals surface area (Å²) in [6.45, 7) is 7.84. The van der Waals surface area contributed by atoms with Gasteiger partial charge in [-0.2, -0.15) is 5.10 Å². The molecule has 0 bridgehead atoms. The Morgan fingerprint density at radius 2 is 1.91 bits per heavy atom. The number of para-hydroxylation sites is 1. The number of benzene rings is 1. The molecule has 3 heterocycles. The van der Waals surface area contributed by atoms with Crippen molar-refractivity contribution in [1.82, 2.24) is 24.9 Å². The highest BCUT2D eigenvalue weighted by molar-refractivity contribution is 5.71. The van der Waals surface area contributed by atoms with Crippen molar-refractivity contribution >= 4 is 17.6 Å². The Labute approximate surface area is 190 Å². The average Bonchev–Trinajstić information content (AvgIpc) is 3.25. The van der Waals surface area contributed by atoms with Crippen LogP contribution >= 0.6 is 0 Å². The summed E-state index contributed by atoms with van der Waals surface area (Å²) < 4.78 is 20.8. The highest BCUT2D eigenvalue weighted by atomic mass is 19.1. The third-order valence-corrected chi connectivity index (χ3v) is 5.18. The first-order chi connectivity index (χ1) is 15.6. The first-order valence-electron chi connectivity index (χ1n) is 10.5. The molecule has 174 valence electrons. The minimum absolute atomic E-state index is 0.138. The minimum atomic E-state index is -0.750. The number of piperazine rings is 1. The van der Waals surface area contributed by atoms with Crippen molar-refractivity contribution in [2.45, 2.75) is 26.4 Å². The van der Waals surface area contributed by atoms with Crippen LogP contribution in [0.3, 0.4) is 0 Å². The maximum Gasteiger partial charge on any atom is 0.410 e. The monoisotopic (exact) mass is 455 g/mol. The zero-order chi connectivity index (χ0) is 23.8. The van der Waals surface area contributed by atoms with Gasteiger partial charge in [-0.15, -0.1) is 10.2 Å². The molecular formula is C22H26FN7O3. The predicted octanol–water partition coefficient (Wildman–Crippen LogP) is 2.81. The molecule has 1 fully saturated rings. The molecule has 10 nitrogen and oxygen atoms in total. The summed E-state index contributed by atoms with van der Waals surface area (Å²) in [6.07, 6.45) is 3.18. The number of aromatic hydroxyl groups is 1. The molecule has 2 aromatic heterocycles. The number of phenols is 1. The molecule has 1 amide bonds. The second-order valence-corrected chi connectivity index (χ2v) is 8.73. The fraction of sp³-hybridized carbons (Fsp3) is 0.364. The van der Waals surface area contributed by atoms with E-state index in [1.807, 2.05) is 20.8 Å². The molecule has 0 aliphatic carbocycles. The van der Waals surface area contributed by atoms with E-state index in [0.717, 1.165) is 11.8 Å². The van der Waals surface area contributed by atoms with E-state index in [1.54, 1.807) is 34.1 Å². The van der Waals surface area contributed by atoms with Crippen LogP contribution in [0.1, 0.15) is 20.8 Å². The van der Waals surface area contributed by atoms with Gasteiger partial charge in [0.15, 0.2) is 17.4 Å². The molecule has 0 spiro atoms. The number of ether oxygens (including phenoxy) is 1. The van der Waals surface area contributed by atoms with Gasteiger partial charge in [0.1, 0.15) is 11.3 Å². The van der Waals surface area contributed by atoms with Gasteiger partial charge < -0.3 is 25.4 Å². The number of aromatic nitrogens is 4. The van der Waals surface area contributed by atoms with E-state index in [-0.39, 0.29) is 23.2 Å². The molecule has 0 unspecified atom stereocenters. The van der Waals surface area contributed by atoms with Gasteiger partial charge in [0.2, 0.25) is 0 Å². The van der Waals surface area contributed by atoms with Crippen LogP contribution in [0.2, 0.25) is 0 Å². The van der Waals surface area contributed by atoms with Crippen molar-refractivity contribution in [3.63, 3.8) is 0 Å². The van der Waals surface area contributed by atoms with Crippen molar-refractivity contribution in [3.05, 3.63) is 42.5 Å². The number of rotatable bonds is 3. The zero-order valence-corrected chi connectivity index (χ0v) is 18.7. The number of nitrogen functional groups attached to an aromatic ring is 1. The van der Waals surface area contributed by atoms with E-state index >= 15 is 0 Å². The van der Waals surface area contributed by atoms with Crippen LogP contribution in [-0.4, -0.2) is 67.9 Å². The van der Waals surface area contributed by atoms with Crippen LogP contribution in [0.4, 0.5) is 20.7 Å². The van der Waals surface area contributed by atoms with Crippen LogP contribution in [0.5, 0.6) is 5.75 Å². The quantitative estimate of drug-likeness (QED) is 0.618. The SMILES string of the molecule is CC(C)(C)OC(=O)N1CCN(c2cnn(-c3cc(-c4cccc(F)c4O)nnc3N)c2)CC1. The molecular weight excluding hydrogens is 429 g/mol. The van der Waals surface area contributed by atoms with E-state index in [2.05, 4.69) is 20.2 Å². The van der Waals surface area contributed by atoms with Crippen molar-refractivity contribution in [3.8, 4) is 22.7 Å². The second kappa shape index (κ2) is 8.57. The fourth-order valence-corrected chi connectivity index (χ4v) is 3.51. The lowest BCUT2D eigenvalue weighted by Gasteiger charge is -2.36. The number of amides is 1. The van der Waals surface area contributed by atoms with Crippen LogP contribution in [0.15, 0.2) is 36.7 Å². The van der Waals surface area contributed by atoms with Crippen molar-refractivity contribution < 1.29 is 19.0 Å². The summed E-state index contributed by atoms with van der Waals surface area (Å²) in [5.41, 5.74) is 7.25. The smallest absolute Gasteiger partial charge is 0.410 e. The number of carbonyl (C=O) groups excluding carboxylic acids is 1. The number of nitrogens with zero attached hydrogens (tertiary/aromatic N) is 6. The van der Waals surface area contributed by atoms with Gasteiger partial charge >= 0.3 is 6.09 Å². The van der Waals surface area contributed by atoms with Crippen LogP contribution in [0.25, 0.3) is 16.9 Å². The van der Waals surface area contributed by atoms with Gasteiger partial charge in [0, 0.05) is 31.7 Å². The maximum absolute atomic E-state index is 13.8. The van der Waals surface area contributed by atoms with Crippen molar-refractivity contribution in [2.75, 3.05) is 36.8 Å². The Balaban J connectivity index is 1.50.